The van der Waals surface area contributed by atoms with Crippen molar-refractivity contribution in [2.45, 2.75) is 70.1 Å². The number of benzene rings is 2. The highest BCUT2D eigenvalue weighted by atomic mass is 16.3. The van der Waals surface area contributed by atoms with Crippen LogP contribution in [0.4, 0.5) is 0 Å². The van der Waals surface area contributed by atoms with Crippen LogP contribution in [0.25, 0.3) is 11.0 Å². The predicted molar refractivity (Wildman–Crippen MR) is 130 cm³/mol. The van der Waals surface area contributed by atoms with E-state index in [2.05, 4.69) is 54.9 Å². The Kier molecular flexibility index (Phi) is 5.75. The van der Waals surface area contributed by atoms with Gasteiger partial charge in [-0.2, -0.15) is 0 Å². The number of aromatic nitrogens is 2. The number of primary amides is 1. The number of piperidine rings is 1. The summed E-state index contributed by atoms with van der Waals surface area (Å²) in [6, 6.07) is 14.3. The van der Waals surface area contributed by atoms with Crippen molar-refractivity contribution in [3.8, 4) is 0 Å². The molecule has 2 unspecified atom stereocenters. The number of hydrogen-bond acceptors (Lipinski definition) is 4. The van der Waals surface area contributed by atoms with Gasteiger partial charge in [0.1, 0.15) is 5.82 Å². The Morgan fingerprint density at radius 2 is 2.06 bits per heavy atom. The molecule has 0 radical (unpaired) electrons. The van der Waals surface area contributed by atoms with E-state index in [1.54, 1.807) is 0 Å². The normalized spacial score (nSPS) is 27.2. The molecule has 1 amide bonds. The third kappa shape index (κ3) is 3.85. The van der Waals surface area contributed by atoms with E-state index >= 15 is 0 Å². The SMILES string of the molecule is Cc1ccc2c(c1)nc(C(C)C)n2[C@@H]1CCN[C@H](CC2Cc3ccccc3C2C(N)=O)[C@H]1O. The van der Waals surface area contributed by atoms with E-state index in [4.69, 9.17) is 10.7 Å². The van der Waals surface area contributed by atoms with E-state index in [-0.39, 0.29) is 35.7 Å². The average Bonchev–Trinajstić information content (AvgIpc) is 3.33. The molecule has 2 aliphatic rings. The van der Waals surface area contributed by atoms with Crippen LogP contribution >= 0.6 is 0 Å². The second-order valence-corrected chi connectivity index (χ2v) is 10.2. The van der Waals surface area contributed by atoms with Gasteiger partial charge in [-0.25, -0.2) is 4.98 Å². The lowest BCUT2D eigenvalue weighted by molar-refractivity contribution is -0.120. The molecule has 3 aromatic rings. The number of amides is 1. The van der Waals surface area contributed by atoms with Crippen LogP contribution in [0, 0.1) is 12.8 Å². The number of aliphatic hydroxyl groups is 1. The largest absolute Gasteiger partial charge is 0.389 e. The Bertz CT molecular complexity index is 1180. The molecule has 1 fully saturated rings. The third-order valence-corrected chi connectivity index (χ3v) is 7.58. The fraction of sp³-hybridized carbons (Fsp3) is 0.481. The Balaban J connectivity index is 1.45. The molecule has 0 saturated carbocycles. The van der Waals surface area contributed by atoms with E-state index in [9.17, 15) is 9.90 Å². The first-order valence-electron chi connectivity index (χ1n) is 12.1. The van der Waals surface area contributed by atoms with Crippen molar-refractivity contribution in [3.63, 3.8) is 0 Å². The van der Waals surface area contributed by atoms with E-state index in [1.807, 2.05) is 18.2 Å². The number of nitrogens with zero attached hydrogens (tertiary/aromatic N) is 2. The van der Waals surface area contributed by atoms with Crippen LogP contribution in [-0.4, -0.2) is 39.3 Å². The molecule has 6 heteroatoms. The summed E-state index contributed by atoms with van der Waals surface area (Å²) in [7, 11) is 0. The topological polar surface area (TPSA) is 93.2 Å². The van der Waals surface area contributed by atoms with E-state index in [0.29, 0.717) is 6.42 Å². The molecule has 5 atom stereocenters. The minimum Gasteiger partial charge on any atom is -0.389 e. The molecule has 5 rings (SSSR count). The van der Waals surface area contributed by atoms with Crippen molar-refractivity contribution in [3.05, 3.63) is 65.0 Å². The van der Waals surface area contributed by atoms with Gasteiger partial charge in [0.2, 0.25) is 5.91 Å². The van der Waals surface area contributed by atoms with Crippen LogP contribution in [-0.2, 0) is 11.2 Å². The van der Waals surface area contributed by atoms with Gasteiger partial charge in [0.25, 0.3) is 0 Å². The fourth-order valence-electron chi connectivity index (χ4n) is 6.07. The van der Waals surface area contributed by atoms with Crippen molar-refractivity contribution in [2.75, 3.05) is 6.54 Å². The highest BCUT2D eigenvalue weighted by molar-refractivity contribution is 5.83. The van der Waals surface area contributed by atoms with E-state index in [1.165, 1.54) is 11.1 Å². The maximum atomic E-state index is 12.4. The second-order valence-electron chi connectivity index (χ2n) is 10.2. The lowest BCUT2D eigenvalue weighted by Crippen LogP contribution is -2.51. The molecule has 1 aliphatic heterocycles. The van der Waals surface area contributed by atoms with Gasteiger partial charge in [0, 0.05) is 12.0 Å². The number of fused-ring (bicyclic) bond motifs is 2. The van der Waals surface area contributed by atoms with E-state index < -0.39 is 6.10 Å². The first-order chi connectivity index (χ1) is 15.8. The van der Waals surface area contributed by atoms with Gasteiger partial charge >= 0.3 is 0 Å². The van der Waals surface area contributed by atoms with Crippen LogP contribution in [0.1, 0.15) is 67.1 Å². The molecule has 0 spiro atoms. The predicted octanol–water partition coefficient (Wildman–Crippen LogP) is 3.56. The zero-order valence-corrected chi connectivity index (χ0v) is 19.7. The Morgan fingerprint density at radius 3 is 2.82 bits per heavy atom. The Morgan fingerprint density at radius 1 is 1.27 bits per heavy atom. The standard InChI is InChI=1S/C27H34N4O2/c1-15(2)27-30-20-12-16(3)8-9-22(20)31(27)23-10-11-29-21(25(23)32)14-18-13-17-6-4-5-7-19(17)24(18)26(28)33/h4-9,12,15,18,21,23-25,29,32H,10-11,13-14H2,1-3H3,(H2,28,33)/t18?,21-,23-,24?,25-/m1/s1. The quantitative estimate of drug-likeness (QED) is 0.559. The maximum Gasteiger partial charge on any atom is 0.225 e. The summed E-state index contributed by atoms with van der Waals surface area (Å²) in [4.78, 5) is 17.3. The van der Waals surface area contributed by atoms with Crippen molar-refractivity contribution >= 4 is 16.9 Å². The maximum absolute atomic E-state index is 12.4. The monoisotopic (exact) mass is 446 g/mol. The third-order valence-electron chi connectivity index (χ3n) is 7.58. The first kappa shape index (κ1) is 22.1. The van der Waals surface area contributed by atoms with Crippen LogP contribution in [0.3, 0.4) is 0 Å². The summed E-state index contributed by atoms with van der Waals surface area (Å²) < 4.78 is 2.27. The van der Waals surface area contributed by atoms with Crippen LogP contribution in [0.5, 0.6) is 0 Å². The molecule has 33 heavy (non-hydrogen) atoms. The number of carbonyl (C=O) groups excluding carboxylic acids is 1. The molecular formula is C27H34N4O2. The number of aliphatic hydroxyl groups excluding tert-OH is 1. The summed E-state index contributed by atoms with van der Waals surface area (Å²) in [6.45, 7) is 7.21. The van der Waals surface area contributed by atoms with E-state index in [0.717, 1.165) is 41.8 Å². The van der Waals surface area contributed by atoms with Crippen LogP contribution < -0.4 is 11.1 Å². The summed E-state index contributed by atoms with van der Waals surface area (Å²) in [6.07, 6.45) is 1.79. The Labute approximate surface area is 195 Å². The van der Waals surface area contributed by atoms with Gasteiger partial charge in [-0.05, 0) is 67.5 Å². The van der Waals surface area contributed by atoms with Gasteiger partial charge < -0.3 is 20.7 Å². The Hall–Kier alpha value is -2.70. The number of rotatable bonds is 5. The molecule has 174 valence electrons. The van der Waals surface area contributed by atoms with Crippen molar-refractivity contribution in [1.29, 1.82) is 0 Å². The molecule has 6 nitrogen and oxygen atoms in total. The van der Waals surface area contributed by atoms with Crippen LogP contribution in [0.2, 0.25) is 0 Å². The molecule has 4 N–H and O–H groups in total. The molecule has 2 aromatic carbocycles. The van der Waals surface area contributed by atoms with Gasteiger partial charge in [-0.1, -0.05) is 44.2 Å². The molecule has 1 saturated heterocycles. The van der Waals surface area contributed by atoms with Crippen LogP contribution in [0.15, 0.2) is 42.5 Å². The summed E-state index contributed by atoms with van der Waals surface area (Å²) >= 11 is 0. The van der Waals surface area contributed by atoms with Crippen molar-refractivity contribution < 1.29 is 9.90 Å². The lowest BCUT2D eigenvalue weighted by atomic mass is 9.82. The molecule has 1 aliphatic carbocycles. The zero-order valence-electron chi connectivity index (χ0n) is 19.7. The van der Waals surface area contributed by atoms with Gasteiger partial charge in [-0.3, -0.25) is 4.79 Å². The first-order valence-corrected chi connectivity index (χ1v) is 12.1. The minimum atomic E-state index is -0.577. The van der Waals surface area contributed by atoms with Crippen molar-refractivity contribution in [2.24, 2.45) is 11.7 Å². The average molecular weight is 447 g/mol. The fourth-order valence-corrected chi connectivity index (χ4v) is 6.07. The summed E-state index contributed by atoms with van der Waals surface area (Å²) in [5, 5.41) is 15.1. The lowest BCUT2D eigenvalue weighted by Gasteiger charge is -2.39. The molecular weight excluding hydrogens is 412 g/mol. The summed E-state index contributed by atoms with van der Waals surface area (Å²) in [5.74, 6) is 0.798. The number of nitrogens with two attached hydrogens (primary N) is 1. The number of carbonyl (C=O) groups is 1. The molecule has 1 aromatic heterocycles. The zero-order chi connectivity index (χ0) is 23.3. The van der Waals surface area contributed by atoms with Crippen molar-refractivity contribution in [1.82, 2.24) is 14.9 Å². The number of imidazole rings is 1. The van der Waals surface area contributed by atoms with Gasteiger partial charge in [0.15, 0.2) is 0 Å². The van der Waals surface area contributed by atoms with Gasteiger partial charge in [-0.15, -0.1) is 0 Å². The number of nitrogens with one attached hydrogen (secondary N) is 1. The molecule has 0 bridgehead atoms. The smallest absolute Gasteiger partial charge is 0.225 e. The number of aryl methyl sites for hydroxylation is 1. The number of hydrogen-bond donors (Lipinski definition) is 3. The summed E-state index contributed by atoms with van der Waals surface area (Å²) in [5.41, 5.74) is 11.3. The molecule has 2 heterocycles. The highest BCUT2D eigenvalue weighted by Gasteiger charge is 2.41. The highest BCUT2D eigenvalue weighted by Crippen LogP contribution is 2.42. The minimum absolute atomic E-state index is 0.0582. The second kappa shape index (κ2) is 8.58. The van der Waals surface area contributed by atoms with Gasteiger partial charge in [0.05, 0.1) is 29.1 Å².